The van der Waals surface area contributed by atoms with Gasteiger partial charge in [-0.2, -0.15) is 0 Å². The van der Waals surface area contributed by atoms with Gasteiger partial charge in [0.2, 0.25) is 5.91 Å². The van der Waals surface area contributed by atoms with Gasteiger partial charge < -0.3 is 14.2 Å². The van der Waals surface area contributed by atoms with Gasteiger partial charge >= 0.3 is 0 Å². The number of nitrogens with zero attached hydrogens (tertiary/aromatic N) is 3. The molecule has 1 saturated heterocycles. The number of hydrogen-bond donors (Lipinski definition) is 0. The third-order valence-electron chi connectivity index (χ3n) is 4.87. The summed E-state index contributed by atoms with van der Waals surface area (Å²) in [4.78, 5) is 18.8. The molecule has 1 aromatic carbocycles. The fourth-order valence-electron chi connectivity index (χ4n) is 3.43. The Kier molecular flexibility index (Phi) is 6.26. The van der Waals surface area contributed by atoms with Crippen molar-refractivity contribution < 1.29 is 13.9 Å². The molecule has 2 aromatic rings. The fourth-order valence-corrected chi connectivity index (χ4v) is 3.43. The lowest BCUT2D eigenvalue weighted by Crippen LogP contribution is -2.41. The average Bonchev–Trinajstić information content (AvgIpc) is 3.13. The van der Waals surface area contributed by atoms with E-state index in [1.54, 1.807) is 24.4 Å². The second kappa shape index (κ2) is 8.83. The summed E-state index contributed by atoms with van der Waals surface area (Å²) < 4.78 is 21.3. The number of piperidine rings is 1. The predicted molar refractivity (Wildman–Crippen MR) is 97.4 cm³/mol. The van der Waals surface area contributed by atoms with Crippen LogP contribution in [0.2, 0.25) is 0 Å². The minimum absolute atomic E-state index is 0.163. The fraction of sp³-hybridized carbons (Fsp3) is 0.500. The molecule has 0 spiro atoms. The van der Waals surface area contributed by atoms with Crippen LogP contribution in [0.4, 0.5) is 4.39 Å². The maximum atomic E-state index is 13.6. The van der Waals surface area contributed by atoms with Crippen LogP contribution in [0.1, 0.15) is 32.0 Å². The maximum Gasteiger partial charge on any atom is 0.224 e. The molecule has 1 unspecified atom stereocenters. The molecule has 1 aromatic heterocycles. The van der Waals surface area contributed by atoms with Crippen LogP contribution in [0, 0.1) is 11.7 Å². The number of para-hydroxylation sites is 1. The van der Waals surface area contributed by atoms with Crippen LogP contribution in [0.3, 0.4) is 0 Å². The largest absolute Gasteiger partial charge is 0.490 e. The highest BCUT2D eigenvalue weighted by molar-refractivity contribution is 5.76. The monoisotopic (exact) mass is 359 g/mol. The predicted octanol–water partition coefficient (Wildman–Crippen LogP) is 3.29. The quantitative estimate of drug-likeness (QED) is 0.762. The van der Waals surface area contributed by atoms with Crippen molar-refractivity contribution in [1.82, 2.24) is 14.5 Å². The van der Waals surface area contributed by atoms with Crippen LogP contribution < -0.4 is 4.74 Å². The Balaban J connectivity index is 1.48. The van der Waals surface area contributed by atoms with Crippen molar-refractivity contribution in [2.45, 2.75) is 39.2 Å². The first-order chi connectivity index (χ1) is 12.7. The molecular formula is C20H26FN3O2. The lowest BCUT2D eigenvalue weighted by atomic mass is 9.98. The third-order valence-corrected chi connectivity index (χ3v) is 4.87. The van der Waals surface area contributed by atoms with Crippen LogP contribution in [-0.2, 0) is 17.8 Å². The van der Waals surface area contributed by atoms with E-state index in [0.717, 1.165) is 31.6 Å². The smallest absolute Gasteiger partial charge is 0.224 e. The maximum absolute atomic E-state index is 13.6. The molecule has 3 rings (SSSR count). The average molecular weight is 359 g/mol. The van der Waals surface area contributed by atoms with Crippen LogP contribution in [0.25, 0.3) is 0 Å². The third kappa shape index (κ3) is 4.62. The summed E-state index contributed by atoms with van der Waals surface area (Å²) in [6.07, 6.45) is 7.00. The van der Waals surface area contributed by atoms with E-state index in [9.17, 15) is 9.18 Å². The van der Waals surface area contributed by atoms with Crippen LogP contribution >= 0.6 is 0 Å². The zero-order valence-electron chi connectivity index (χ0n) is 15.2. The van der Waals surface area contributed by atoms with Gasteiger partial charge in [0.05, 0.1) is 6.61 Å². The van der Waals surface area contributed by atoms with Crippen LogP contribution in [-0.4, -0.2) is 40.1 Å². The number of likely N-dealkylation sites (tertiary alicyclic amines) is 1. The number of benzene rings is 1. The molecule has 6 heteroatoms. The first kappa shape index (κ1) is 18.4. The zero-order valence-corrected chi connectivity index (χ0v) is 15.2. The summed E-state index contributed by atoms with van der Waals surface area (Å²) in [5.41, 5.74) is 0. The first-order valence-corrected chi connectivity index (χ1v) is 9.32. The number of hydrogen-bond acceptors (Lipinski definition) is 3. The Labute approximate surface area is 153 Å². The SMILES string of the molecule is CCc1nccn1CCC(=O)N1CCCC(COc2ccccc2F)C1. The molecule has 1 atom stereocenters. The number of carbonyl (C=O) groups is 1. The summed E-state index contributed by atoms with van der Waals surface area (Å²) >= 11 is 0. The Morgan fingerprint density at radius 3 is 3.04 bits per heavy atom. The Hall–Kier alpha value is -2.37. The standard InChI is InChI=1S/C20H26FN3O2/c1-2-19-22-10-13-23(19)12-9-20(25)24-11-5-6-16(14-24)15-26-18-8-4-3-7-17(18)21/h3-4,7-8,10,13,16H,2,5-6,9,11-12,14-15H2,1H3. The van der Waals surface area contributed by atoms with E-state index in [1.807, 2.05) is 15.7 Å². The van der Waals surface area contributed by atoms with Gasteiger partial charge in [-0.1, -0.05) is 19.1 Å². The summed E-state index contributed by atoms with van der Waals surface area (Å²) in [7, 11) is 0. The molecule has 26 heavy (non-hydrogen) atoms. The lowest BCUT2D eigenvalue weighted by molar-refractivity contribution is -0.133. The number of halogens is 1. The number of aryl methyl sites for hydroxylation is 2. The molecule has 1 aliphatic heterocycles. The van der Waals surface area contributed by atoms with Gasteiger partial charge in [-0.3, -0.25) is 4.79 Å². The van der Waals surface area contributed by atoms with Gasteiger partial charge in [0.25, 0.3) is 0 Å². The highest BCUT2D eigenvalue weighted by Crippen LogP contribution is 2.21. The number of rotatable bonds is 7. The normalized spacial score (nSPS) is 17.3. The van der Waals surface area contributed by atoms with E-state index < -0.39 is 0 Å². The molecule has 1 fully saturated rings. The Bertz CT molecular complexity index is 731. The van der Waals surface area contributed by atoms with E-state index in [0.29, 0.717) is 26.1 Å². The molecule has 1 amide bonds. The number of ether oxygens (including phenoxy) is 1. The molecular weight excluding hydrogens is 333 g/mol. The Morgan fingerprint density at radius 2 is 2.23 bits per heavy atom. The van der Waals surface area contributed by atoms with Gasteiger partial charge in [0, 0.05) is 50.8 Å². The van der Waals surface area contributed by atoms with Crippen LogP contribution in [0.5, 0.6) is 5.75 Å². The van der Waals surface area contributed by atoms with Crippen molar-refractivity contribution in [2.24, 2.45) is 5.92 Å². The van der Waals surface area contributed by atoms with Crippen molar-refractivity contribution in [3.8, 4) is 5.75 Å². The molecule has 140 valence electrons. The van der Waals surface area contributed by atoms with Crippen molar-refractivity contribution in [2.75, 3.05) is 19.7 Å². The molecule has 0 aliphatic carbocycles. The highest BCUT2D eigenvalue weighted by Gasteiger charge is 2.24. The zero-order chi connectivity index (χ0) is 18.4. The van der Waals surface area contributed by atoms with Gasteiger partial charge in [0.15, 0.2) is 11.6 Å². The van der Waals surface area contributed by atoms with E-state index >= 15 is 0 Å². The molecule has 1 aliphatic rings. The van der Waals surface area contributed by atoms with Crippen molar-refractivity contribution in [3.05, 3.63) is 48.3 Å². The second-order valence-electron chi connectivity index (χ2n) is 6.73. The second-order valence-corrected chi connectivity index (χ2v) is 6.73. The number of amides is 1. The minimum Gasteiger partial charge on any atom is -0.490 e. The van der Waals surface area contributed by atoms with E-state index in [4.69, 9.17) is 4.74 Å². The molecule has 0 saturated carbocycles. The number of aromatic nitrogens is 2. The number of imidazole rings is 1. The van der Waals surface area contributed by atoms with Crippen molar-refractivity contribution in [1.29, 1.82) is 0 Å². The summed E-state index contributed by atoms with van der Waals surface area (Å²) in [5.74, 6) is 1.35. The molecule has 0 N–H and O–H groups in total. The lowest BCUT2D eigenvalue weighted by Gasteiger charge is -2.32. The minimum atomic E-state index is -0.344. The van der Waals surface area contributed by atoms with E-state index in [1.165, 1.54) is 6.07 Å². The van der Waals surface area contributed by atoms with E-state index in [-0.39, 0.29) is 23.4 Å². The molecule has 0 bridgehead atoms. The topological polar surface area (TPSA) is 47.4 Å². The van der Waals surface area contributed by atoms with Gasteiger partial charge in [-0.05, 0) is 25.0 Å². The summed E-state index contributed by atoms with van der Waals surface area (Å²) in [5, 5.41) is 0. The molecule has 2 heterocycles. The van der Waals surface area contributed by atoms with Gasteiger partial charge in [-0.25, -0.2) is 9.37 Å². The van der Waals surface area contributed by atoms with Gasteiger partial charge in [0.1, 0.15) is 5.82 Å². The van der Waals surface area contributed by atoms with E-state index in [2.05, 4.69) is 11.9 Å². The number of carbonyl (C=O) groups excluding carboxylic acids is 1. The van der Waals surface area contributed by atoms with Crippen molar-refractivity contribution in [3.63, 3.8) is 0 Å². The summed E-state index contributed by atoms with van der Waals surface area (Å²) in [6.45, 7) is 4.63. The summed E-state index contributed by atoms with van der Waals surface area (Å²) in [6, 6.07) is 6.44. The van der Waals surface area contributed by atoms with Crippen molar-refractivity contribution >= 4 is 5.91 Å². The van der Waals surface area contributed by atoms with Crippen LogP contribution in [0.15, 0.2) is 36.7 Å². The van der Waals surface area contributed by atoms with Gasteiger partial charge in [-0.15, -0.1) is 0 Å². The highest BCUT2D eigenvalue weighted by atomic mass is 19.1. The molecule has 0 radical (unpaired) electrons. The Morgan fingerprint density at radius 1 is 1.38 bits per heavy atom. The molecule has 5 nitrogen and oxygen atoms in total. The first-order valence-electron chi connectivity index (χ1n) is 9.32.